The van der Waals surface area contributed by atoms with Gasteiger partial charge in [0.1, 0.15) is 5.75 Å². The van der Waals surface area contributed by atoms with Gasteiger partial charge in [-0.25, -0.2) is 4.79 Å². The number of alkyl carbamates (subject to hydrolysis) is 1. The van der Waals surface area contributed by atoms with Gasteiger partial charge < -0.3 is 19.3 Å². The number of aromatic nitrogens is 2. The number of hydrogen-bond acceptors (Lipinski definition) is 7. The van der Waals surface area contributed by atoms with Crippen LogP contribution in [-0.2, 0) is 9.53 Å². The first-order valence-electron chi connectivity index (χ1n) is 7.32. The molecule has 1 heterocycles. The predicted octanol–water partition coefficient (Wildman–Crippen LogP) is 2.63. The van der Waals surface area contributed by atoms with E-state index in [0.29, 0.717) is 17.3 Å². The van der Waals surface area contributed by atoms with Crippen LogP contribution in [0.2, 0.25) is 0 Å². The number of amides is 1. The zero-order valence-corrected chi connectivity index (χ0v) is 13.5. The molecule has 2 rings (SSSR count). The summed E-state index contributed by atoms with van der Waals surface area (Å²) in [5.41, 5.74) is 0.663. The SMILES string of the molecule is Cc1nc(-c2ccc(OC(=O)CCNC(=O)OCC(F)(F)F)cc2)no1. The Morgan fingerprint density at radius 1 is 1.23 bits per heavy atom. The molecule has 1 amide bonds. The molecule has 0 radical (unpaired) electrons. The van der Waals surface area contributed by atoms with Crippen molar-refractivity contribution in [3.8, 4) is 17.1 Å². The summed E-state index contributed by atoms with van der Waals surface area (Å²) in [6.45, 7) is -0.273. The van der Waals surface area contributed by atoms with Crippen LogP contribution in [0.4, 0.5) is 18.0 Å². The summed E-state index contributed by atoms with van der Waals surface area (Å²) in [5.74, 6) is 0.376. The number of carbonyl (C=O) groups excluding carboxylic acids is 2. The highest BCUT2D eigenvalue weighted by Gasteiger charge is 2.29. The molecule has 0 atom stereocenters. The standard InChI is InChI=1S/C15H14F3N3O5/c1-9-20-13(21-26-9)10-2-4-11(5-3-10)25-12(22)6-7-19-14(23)24-8-15(16,17)18/h2-5H,6-8H2,1H3,(H,19,23). The van der Waals surface area contributed by atoms with Crippen LogP contribution in [0.3, 0.4) is 0 Å². The van der Waals surface area contributed by atoms with E-state index in [2.05, 4.69) is 14.9 Å². The van der Waals surface area contributed by atoms with Gasteiger partial charge >= 0.3 is 18.2 Å². The van der Waals surface area contributed by atoms with E-state index in [9.17, 15) is 22.8 Å². The first-order chi connectivity index (χ1) is 12.2. The molecule has 0 aliphatic heterocycles. The highest BCUT2D eigenvalue weighted by molar-refractivity contribution is 5.74. The summed E-state index contributed by atoms with van der Waals surface area (Å²) in [6.07, 6.45) is -6.12. The fourth-order valence-corrected chi connectivity index (χ4v) is 1.74. The van der Waals surface area contributed by atoms with Crippen LogP contribution in [0, 0.1) is 6.92 Å². The number of nitrogens with zero attached hydrogens (tertiary/aromatic N) is 2. The highest BCUT2D eigenvalue weighted by Crippen LogP contribution is 2.20. The number of esters is 1. The number of ether oxygens (including phenoxy) is 2. The van der Waals surface area contributed by atoms with E-state index >= 15 is 0 Å². The molecule has 1 N–H and O–H groups in total. The topological polar surface area (TPSA) is 104 Å². The van der Waals surface area contributed by atoms with E-state index in [1.807, 2.05) is 5.32 Å². The molecule has 140 valence electrons. The number of aryl methyl sites for hydroxylation is 1. The average molecular weight is 373 g/mol. The lowest BCUT2D eigenvalue weighted by Gasteiger charge is -2.09. The average Bonchev–Trinajstić information content (AvgIpc) is 2.99. The van der Waals surface area contributed by atoms with Crippen LogP contribution >= 0.6 is 0 Å². The highest BCUT2D eigenvalue weighted by atomic mass is 19.4. The second-order valence-corrected chi connectivity index (χ2v) is 5.00. The van der Waals surface area contributed by atoms with Crippen LogP contribution in [0.5, 0.6) is 5.75 Å². The fraction of sp³-hybridized carbons (Fsp3) is 0.333. The van der Waals surface area contributed by atoms with Gasteiger partial charge in [-0.05, 0) is 24.3 Å². The molecular formula is C15H14F3N3O5. The Balaban J connectivity index is 1.73. The summed E-state index contributed by atoms with van der Waals surface area (Å²) < 4.78 is 49.4. The maximum absolute atomic E-state index is 11.9. The Kier molecular flexibility index (Phi) is 6.15. The fourth-order valence-electron chi connectivity index (χ4n) is 1.74. The van der Waals surface area contributed by atoms with Crippen molar-refractivity contribution >= 4 is 12.1 Å². The molecule has 0 aliphatic rings. The molecule has 2 aromatic rings. The quantitative estimate of drug-likeness (QED) is 0.613. The van der Waals surface area contributed by atoms with E-state index in [1.54, 1.807) is 19.1 Å². The van der Waals surface area contributed by atoms with E-state index in [0.717, 1.165) is 0 Å². The molecular weight excluding hydrogens is 359 g/mol. The van der Waals surface area contributed by atoms with Gasteiger partial charge in [0.05, 0.1) is 6.42 Å². The second-order valence-electron chi connectivity index (χ2n) is 5.00. The number of rotatable bonds is 6. The second kappa shape index (κ2) is 8.32. The van der Waals surface area contributed by atoms with Crippen molar-refractivity contribution in [2.24, 2.45) is 0 Å². The monoisotopic (exact) mass is 373 g/mol. The molecule has 0 unspecified atom stereocenters. The van der Waals surface area contributed by atoms with E-state index in [4.69, 9.17) is 9.26 Å². The van der Waals surface area contributed by atoms with Crippen LogP contribution < -0.4 is 10.1 Å². The lowest BCUT2D eigenvalue weighted by Crippen LogP contribution is -2.31. The summed E-state index contributed by atoms with van der Waals surface area (Å²) in [4.78, 5) is 26.7. The molecule has 1 aromatic heterocycles. The minimum atomic E-state index is -4.61. The van der Waals surface area contributed by atoms with E-state index < -0.39 is 24.8 Å². The van der Waals surface area contributed by atoms with Crippen molar-refractivity contribution in [3.63, 3.8) is 0 Å². The lowest BCUT2D eigenvalue weighted by atomic mass is 10.2. The normalized spacial score (nSPS) is 11.1. The van der Waals surface area contributed by atoms with Crippen molar-refractivity contribution in [1.29, 1.82) is 0 Å². The Morgan fingerprint density at radius 2 is 1.92 bits per heavy atom. The molecule has 0 bridgehead atoms. The molecule has 0 spiro atoms. The molecule has 0 saturated heterocycles. The minimum absolute atomic E-state index is 0.226. The summed E-state index contributed by atoms with van der Waals surface area (Å²) in [6, 6.07) is 6.28. The van der Waals surface area contributed by atoms with Crippen LogP contribution in [0.25, 0.3) is 11.4 Å². The third-order valence-corrected chi connectivity index (χ3v) is 2.84. The molecule has 0 saturated carbocycles. The Labute approximate surface area is 145 Å². The van der Waals surface area contributed by atoms with Gasteiger partial charge in [-0.3, -0.25) is 4.79 Å². The van der Waals surface area contributed by atoms with Crippen molar-refractivity contribution < 1.29 is 36.8 Å². The van der Waals surface area contributed by atoms with Gasteiger partial charge in [0.25, 0.3) is 0 Å². The molecule has 8 nitrogen and oxygen atoms in total. The summed E-state index contributed by atoms with van der Waals surface area (Å²) >= 11 is 0. The molecule has 1 aromatic carbocycles. The first kappa shape index (κ1) is 19.2. The number of hydrogen-bond donors (Lipinski definition) is 1. The number of halogens is 3. The van der Waals surface area contributed by atoms with Crippen molar-refractivity contribution in [2.45, 2.75) is 19.5 Å². The minimum Gasteiger partial charge on any atom is -0.440 e. The van der Waals surface area contributed by atoms with Gasteiger partial charge in [0.2, 0.25) is 11.7 Å². The first-order valence-corrected chi connectivity index (χ1v) is 7.32. The number of nitrogens with one attached hydrogen (secondary N) is 1. The summed E-state index contributed by atoms with van der Waals surface area (Å²) in [7, 11) is 0. The van der Waals surface area contributed by atoms with Crippen molar-refractivity contribution in [1.82, 2.24) is 15.5 Å². The Morgan fingerprint density at radius 3 is 2.50 bits per heavy atom. The van der Waals surface area contributed by atoms with Gasteiger partial charge in [0, 0.05) is 19.0 Å². The van der Waals surface area contributed by atoms with Crippen molar-refractivity contribution in [3.05, 3.63) is 30.2 Å². The maximum Gasteiger partial charge on any atom is 0.422 e. The Hall–Kier alpha value is -3.11. The zero-order chi connectivity index (χ0) is 19.2. The number of benzene rings is 1. The van der Waals surface area contributed by atoms with Gasteiger partial charge in [-0.1, -0.05) is 5.16 Å². The van der Waals surface area contributed by atoms with Crippen LogP contribution in [0.15, 0.2) is 28.8 Å². The third-order valence-electron chi connectivity index (χ3n) is 2.84. The molecule has 0 fully saturated rings. The van der Waals surface area contributed by atoms with Crippen LogP contribution in [0.1, 0.15) is 12.3 Å². The lowest BCUT2D eigenvalue weighted by molar-refractivity contribution is -0.160. The van der Waals surface area contributed by atoms with Gasteiger partial charge in [-0.2, -0.15) is 18.2 Å². The third kappa shape index (κ3) is 6.42. The zero-order valence-electron chi connectivity index (χ0n) is 13.5. The number of alkyl halides is 3. The van der Waals surface area contributed by atoms with Gasteiger partial charge in [0.15, 0.2) is 6.61 Å². The van der Waals surface area contributed by atoms with Gasteiger partial charge in [-0.15, -0.1) is 0 Å². The number of carbonyl (C=O) groups is 2. The van der Waals surface area contributed by atoms with Crippen LogP contribution in [-0.4, -0.2) is 41.5 Å². The largest absolute Gasteiger partial charge is 0.440 e. The molecule has 11 heteroatoms. The molecule has 26 heavy (non-hydrogen) atoms. The summed E-state index contributed by atoms with van der Waals surface area (Å²) in [5, 5.41) is 5.76. The maximum atomic E-state index is 11.9. The van der Waals surface area contributed by atoms with E-state index in [-0.39, 0.29) is 18.7 Å². The van der Waals surface area contributed by atoms with E-state index in [1.165, 1.54) is 12.1 Å². The predicted molar refractivity (Wildman–Crippen MR) is 80.1 cm³/mol. The molecule has 0 aliphatic carbocycles. The van der Waals surface area contributed by atoms with Crippen molar-refractivity contribution in [2.75, 3.05) is 13.2 Å². The smallest absolute Gasteiger partial charge is 0.422 e. The Bertz CT molecular complexity index is 759.